The third-order valence-electron chi connectivity index (χ3n) is 4.13. The maximum atomic E-state index is 12.1. The maximum absolute atomic E-state index is 12.1. The Kier molecular flexibility index (Phi) is 3.65. The Balaban J connectivity index is 1.95. The highest BCUT2D eigenvalue weighted by molar-refractivity contribution is 7.12. The number of hydrogen-bond donors (Lipinski definition) is 1. The van der Waals surface area contributed by atoms with E-state index in [1.165, 1.54) is 12.0 Å². The number of esters is 1. The lowest BCUT2D eigenvalue weighted by atomic mass is 9.91. The van der Waals surface area contributed by atoms with Crippen LogP contribution in [0.25, 0.3) is 0 Å². The fourth-order valence-corrected chi connectivity index (χ4v) is 4.19. The van der Waals surface area contributed by atoms with Crippen molar-refractivity contribution >= 4 is 23.1 Å². The summed E-state index contributed by atoms with van der Waals surface area (Å²) >= 11 is 1.60. The highest BCUT2D eigenvalue weighted by Crippen LogP contribution is 2.37. The number of ether oxygens (including phenoxy) is 1. The number of nitrogens with two attached hydrogens (primary N) is 1. The molecule has 2 aliphatic rings. The smallest absolute Gasteiger partial charge is 0.339 e. The summed E-state index contributed by atoms with van der Waals surface area (Å²) in [4.78, 5) is 26.2. The lowest BCUT2D eigenvalue weighted by molar-refractivity contribution is -0.119. The van der Waals surface area contributed by atoms with Crippen LogP contribution in [0.15, 0.2) is 0 Å². The summed E-state index contributed by atoms with van der Waals surface area (Å²) < 4.78 is 4.91. The van der Waals surface area contributed by atoms with Crippen LogP contribution in [0, 0.1) is 5.92 Å². The topological polar surface area (TPSA) is 69.4 Å². The Hall–Kier alpha value is -1.20. The van der Waals surface area contributed by atoms with Crippen molar-refractivity contribution in [3.8, 4) is 0 Å². The van der Waals surface area contributed by atoms with Crippen LogP contribution in [0.5, 0.6) is 0 Å². The summed E-state index contributed by atoms with van der Waals surface area (Å²) in [5, 5.41) is 0. The fourth-order valence-electron chi connectivity index (χ4n) is 2.84. The molecule has 0 spiro atoms. The van der Waals surface area contributed by atoms with Crippen LogP contribution >= 0.6 is 11.3 Å². The van der Waals surface area contributed by atoms with E-state index in [0.717, 1.165) is 36.1 Å². The molecule has 1 aromatic rings. The van der Waals surface area contributed by atoms with Gasteiger partial charge in [-0.2, -0.15) is 0 Å². The van der Waals surface area contributed by atoms with Crippen molar-refractivity contribution < 1.29 is 14.3 Å². The molecule has 0 amide bonds. The van der Waals surface area contributed by atoms with E-state index in [1.807, 2.05) is 0 Å². The summed E-state index contributed by atoms with van der Waals surface area (Å²) in [6.45, 7) is 0. The zero-order chi connectivity index (χ0) is 14.3. The lowest BCUT2D eigenvalue weighted by Crippen LogP contribution is -2.28. The number of methoxy groups -OCH3 is 1. The minimum absolute atomic E-state index is 0.104. The summed E-state index contributed by atoms with van der Waals surface area (Å²) in [6, 6.07) is 0.104. The normalized spacial score (nSPS) is 21.4. The first-order chi connectivity index (χ1) is 9.60. The van der Waals surface area contributed by atoms with E-state index in [1.54, 1.807) is 11.3 Å². The van der Waals surface area contributed by atoms with Crippen LogP contribution in [-0.4, -0.2) is 24.9 Å². The second-order valence-electron chi connectivity index (χ2n) is 5.71. The third kappa shape index (κ3) is 2.52. The standard InChI is InChI=1S/C15H19NO3S/c1-19-15(18)14-10-6-9(16)4-5-12(10)20-13(14)7-11(17)8-2-3-8/h8-9H,2-7,16H2,1H3/t9-/m0/s1. The van der Waals surface area contributed by atoms with Crippen LogP contribution in [0.2, 0.25) is 0 Å². The second-order valence-corrected chi connectivity index (χ2v) is 6.90. The lowest BCUT2D eigenvalue weighted by Gasteiger charge is -2.18. The van der Waals surface area contributed by atoms with Crippen LogP contribution in [0.1, 0.15) is 44.9 Å². The van der Waals surface area contributed by atoms with Crippen molar-refractivity contribution in [3.05, 3.63) is 20.9 Å². The van der Waals surface area contributed by atoms with Gasteiger partial charge in [0.1, 0.15) is 5.78 Å². The monoisotopic (exact) mass is 293 g/mol. The molecule has 0 radical (unpaired) electrons. The number of carbonyl (C=O) groups is 2. The number of carbonyl (C=O) groups excluding carboxylic acids is 2. The minimum Gasteiger partial charge on any atom is -0.465 e. The molecule has 1 saturated carbocycles. The number of thiophene rings is 1. The number of aryl methyl sites for hydroxylation is 1. The molecular formula is C15H19NO3S. The second kappa shape index (κ2) is 5.30. The van der Waals surface area contributed by atoms with Gasteiger partial charge >= 0.3 is 5.97 Å². The van der Waals surface area contributed by atoms with E-state index in [4.69, 9.17) is 10.5 Å². The van der Waals surface area contributed by atoms with Gasteiger partial charge in [0.15, 0.2) is 0 Å². The average Bonchev–Trinajstić information content (AvgIpc) is 3.21. The van der Waals surface area contributed by atoms with Gasteiger partial charge in [0.05, 0.1) is 12.7 Å². The number of hydrogen-bond acceptors (Lipinski definition) is 5. The van der Waals surface area contributed by atoms with E-state index in [2.05, 4.69) is 0 Å². The van der Waals surface area contributed by atoms with Crippen molar-refractivity contribution in [2.24, 2.45) is 11.7 Å². The molecule has 1 aromatic heterocycles. The quantitative estimate of drug-likeness (QED) is 0.860. The molecule has 0 aromatic carbocycles. The van der Waals surface area contributed by atoms with Gasteiger partial charge in [-0.1, -0.05) is 0 Å². The summed E-state index contributed by atoms with van der Waals surface area (Å²) in [6.07, 6.45) is 4.95. The third-order valence-corrected chi connectivity index (χ3v) is 5.42. The number of ketones is 1. The molecule has 0 saturated heterocycles. The summed E-state index contributed by atoms with van der Waals surface area (Å²) in [7, 11) is 1.39. The Labute approximate surface area is 122 Å². The number of fused-ring (bicyclic) bond motifs is 1. The van der Waals surface area contributed by atoms with Crippen LogP contribution in [0.4, 0.5) is 0 Å². The summed E-state index contributed by atoms with van der Waals surface area (Å²) in [5.74, 6) is 0.162. The molecule has 1 fully saturated rings. The predicted octanol–water partition coefficient (Wildman–Crippen LogP) is 1.87. The molecule has 1 heterocycles. The van der Waals surface area contributed by atoms with Gasteiger partial charge in [-0.15, -0.1) is 11.3 Å². The predicted molar refractivity (Wildman–Crippen MR) is 77.1 cm³/mol. The number of rotatable bonds is 4. The molecule has 20 heavy (non-hydrogen) atoms. The van der Waals surface area contributed by atoms with Gasteiger partial charge in [0.2, 0.25) is 0 Å². The molecule has 4 nitrogen and oxygen atoms in total. The Morgan fingerprint density at radius 1 is 1.35 bits per heavy atom. The van der Waals surface area contributed by atoms with E-state index in [0.29, 0.717) is 18.4 Å². The first kappa shape index (κ1) is 13.8. The zero-order valence-electron chi connectivity index (χ0n) is 11.6. The molecule has 108 valence electrons. The Morgan fingerprint density at radius 2 is 2.10 bits per heavy atom. The molecule has 2 N–H and O–H groups in total. The van der Waals surface area contributed by atoms with Crippen LogP contribution in [-0.2, 0) is 28.8 Å². The molecule has 0 aliphatic heterocycles. The van der Waals surface area contributed by atoms with Crippen molar-refractivity contribution in [3.63, 3.8) is 0 Å². The van der Waals surface area contributed by atoms with Crippen molar-refractivity contribution in [1.29, 1.82) is 0 Å². The zero-order valence-corrected chi connectivity index (χ0v) is 12.4. The van der Waals surface area contributed by atoms with Crippen LogP contribution < -0.4 is 5.73 Å². The van der Waals surface area contributed by atoms with E-state index < -0.39 is 0 Å². The van der Waals surface area contributed by atoms with E-state index in [9.17, 15) is 9.59 Å². The van der Waals surface area contributed by atoms with Gasteiger partial charge in [-0.05, 0) is 37.7 Å². The fraction of sp³-hybridized carbons (Fsp3) is 0.600. The van der Waals surface area contributed by atoms with Crippen molar-refractivity contribution in [1.82, 2.24) is 0 Å². The van der Waals surface area contributed by atoms with Gasteiger partial charge in [-0.25, -0.2) is 4.79 Å². The molecule has 2 aliphatic carbocycles. The van der Waals surface area contributed by atoms with Crippen molar-refractivity contribution in [2.45, 2.75) is 44.6 Å². The molecular weight excluding hydrogens is 274 g/mol. The largest absolute Gasteiger partial charge is 0.465 e. The molecule has 3 rings (SSSR count). The number of Topliss-reactive ketones (excluding diaryl/α,β-unsaturated/α-hetero) is 1. The molecule has 5 heteroatoms. The van der Waals surface area contributed by atoms with Gasteiger partial charge in [0.25, 0.3) is 0 Å². The Morgan fingerprint density at radius 3 is 2.75 bits per heavy atom. The van der Waals surface area contributed by atoms with Gasteiger partial charge in [-0.3, -0.25) is 4.79 Å². The molecule has 1 atom stereocenters. The maximum Gasteiger partial charge on any atom is 0.339 e. The first-order valence-electron chi connectivity index (χ1n) is 7.10. The Bertz CT molecular complexity index is 560. The van der Waals surface area contributed by atoms with Gasteiger partial charge in [0, 0.05) is 28.1 Å². The van der Waals surface area contributed by atoms with Crippen LogP contribution in [0.3, 0.4) is 0 Å². The van der Waals surface area contributed by atoms with E-state index in [-0.39, 0.29) is 23.7 Å². The highest BCUT2D eigenvalue weighted by Gasteiger charge is 2.33. The van der Waals surface area contributed by atoms with Gasteiger partial charge < -0.3 is 10.5 Å². The minimum atomic E-state index is -0.324. The average molecular weight is 293 g/mol. The summed E-state index contributed by atoms with van der Waals surface area (Å²) in [5.41, 5.74) is 7.66. The van der Waals surface area contributed by atoms with Crippen molar-refractivity contribution in [2.75, 3.05) is 7.11 Å². The SMILES string of the molecule is COC(=O)c1c(CC(=O)C2CC2)sc2c1C[C@@H](N)CC2. The van der Waals surface area contributed by atoms with E-state index >= 15 is 0 Å². The molecule has 0 unspecified atom stereocenters. The first-order valence-corrected chi connectivity index (χ1v) is 7.91. The highest BCUT2D eigenvalue weighted by atomic mass is 32.1. The molecule has 0 bridgehead atoms.